The van der Waals surface area contributed by atoms with E-state index in [0.717, 1.165) is 11.4 Å². The Labute approximate surface area is 170 Å². The highest BCUT2D eigenvalue weighted by Gasteiger charge is 2.59. The van der Waals surface area contributed by atoms with Gasteiger partial charge >= 0.3 is 0 Å². The molecule has 29 heavy (non-hydrogen) atoms. The number of hydrogen-bond acceptors (Lipinski definition) is 6. The molecule has 0 aromatic heterocycles. The number of carbonyl (C=O) groups excluding carboxylic acids is 2. The lowest BCUT2D eigenvalue weighted by Gasteiger charge is -2.24. The van der Waals surface area contributed by atoms with Gasteiger partial charge in [0, 0.05) is 5.56 Å². The maximum atomic E-state index is 12.8. The van der Waals surface area contributed by atoms with E-state index in [1.807, 2.05) is 20.8 Å². The topological polar surface area (TPSA) is 77.4 Å². The summed E-state index contributed by atoms with van der Waals surface area (Å²) in [6, 6.07) is 3.48. The lowest BCUT2D eigenvalue weighted by Crippen LogP contribution is -2.28. The molecule has 1 saturated heterocycles. The van der Waals surface area contributed by atoms with Crippen LogP contribution in [0.15, 0.2) is 29.4 Å². The summed E-state index contributed by atoms with van der Waals surface area (Å²) >= 11 is 0. The lowest BCUT2D eigenvalue weighted by atomic mass is 9.85. The predicted octanol–water partition coefficient (Wildman–Crippen LogP) is 3.02. The highest BCUT2D eigenvalue weighted by atomic mass is 16.5. The number of hydrazone groups is 1. The minimum Gasteiger partial charge on any atom is -0.493 e. The maximum Gasteiger partial charge on any atom is 0.254 e. The molecule has 4 unspecified atom stereocenters. The minimum atomic E-state index is -0.435. The van der Waals surface area contributed by atoms with Crippen LogP contribution in [0.5, 0.6) is 17.2 Å². The van der Waals surface area contributed by atoms with Gasteiger partial charge in [0.15, 0.2) is 11.5 Å². The Morgan fingerprint density at radius 2 is 1.52 bits per heavy atom. The van der Waals surface area contributed by atoms with E-state index in [1.54, 1.807) is 26.4 Å². The molecule has 0 N–H and O–H groups in total. The summed E-state index contributed by atoms with van der Waals surface area (Å²) in [5.74, 6) is 0.844. The van der Waals surface area contributed by atoms with Crippen molar-refractivity contribution in [1.29, 1.82) is 0 Å². The summed E-state index contributed by atoms with van der Waals surface area (Å²) in [4.78, 5) is 25.5. The van der Waals surface area contributed by atoms with Crippen LogP contribution in [0.25, 0.3) is 0 Å². The van der Waals surface area contributed by atoms with Crippen LogP contribution in [0.2, 0.25) is 0 Å². The molecule has 1 saturated carbocycles. The minimum absolute atomic E-state index is 0.163. The van der Waals surface area contributed by atoms with Gasteiger partial charge in [-0.1, -0.05) is 12.2 Å². The van der Waals surface area contributed by atoms with Crippen molar-refractivity contribution in [3.05, 3.63) is 29.8 Å². The zero-order valence-corrected chi connectivity index (χ0v) is 17.3. The van der Waals surface area contributed by atoms with Crippen LogP contribution in [0.4, 0.5) is 0 Å². The van der Waals surface area contributed by atoms with Crippen LogP contribution >= 0.6 is 0 Å². The molecular weight excluding hydrogens is 372 g/mol. The monoisotopic (exact) mass is 398 g/mol. The van der Waals surface area contributed by atoms with Crippen molar-refractivity contribution in [2.75, 3.05) is 14.2 Å². The van der Waals surface area contributed by atoms with Gasteiger partial charge < -0.3 is 14.2 Å². The molecule has 1 aliphatic heterocycles. The Morgan fingerprint density at radius 1 is 1.00 bits per heavy atom. The second-order valence-electron chi connectivity index (χ2n) is 8.70. The first-order chi connectivity index (χ1) is 13.7. The van der Waals surface area contributed by atoms with Gasteiger partial charge in [0.05, 0.1) is 32.3 Å². The largest absolute Gasteiger partial charge is 0.493 e. The summed E-state index contributed by atoms with van der Waals surface area (Å²) in [5, 5.41) is 5.25. The van der Waals surface area contributed by atoms with Crippen molar-refractivity contribution in [3.63, 3.8) is 0 Å². The first-order valence-electron chi connectivity index (χ1n) is 9.78. The second kappa shape index (κ2) is 6.90. The fraction of sp³-hybridized carbons (Fsp3) is 0.500. The van der Waals surface area contributed by atoms with Gasteiger partial charge in [0.1, 0.15) is 5.60 Å². The van der Waals surface area contributed by atoms with E-state index in [9.17, 15) is 9.59 Å². The van der Waals surface area contributed by atoms with Gasteiger partial charge in [0.25, 0.3) is 11.8 Å². The molecule has 2 fully saturated rings. The molecule has 1 aromatic rings. The predicted molar refractivity (Wildman–Crippen MR) is 107 cm³/mol. The first kappa shape index (κ1) is 19.5. The molecule has 4 rings (SSSR count). The molecule has 1 heterocycles. The fourth-order valence-electron chi connectivity index (χ4n) is 4.51. The number of carbonyl (C=O) groups is 2. The van der Waals surface area contributed by atoms with Gasteiger partial charge in [-0.2, -0.15) is 10.1 Å². The molecule has 154 valence electrons. The molecule has 0 radical (unpaired) electrons. The average molecular weight is 398 g/mol. The Morgan fingerprint density at radius 3 is 1.97 bits per heavy atom. The maximum absolute atomic E-state index is 12.8. The van der Waals surface area contributed by atoms with Crippen molar-refractivity contribution >= 4 is 18.0 Å². The highest BCUT2D eigenvalue weighted by molar-refractivity contribution is 6.06. The Bertz CT molecular complexity index is 859. The number of benzene rings is 1. The number of allylic oxidation sites excluding steroid dienone is 2. The SMILES string of the molecule is COc1cc(C=NN2C(=O)C3C4C=CC(C4)C3C2=O)cc(OC)c1OC(C)(C)C. The number of imide groups is 1. The van der Waals surface area contributed by atoms with Crippen molar-refractivity contribution in [3.8, 4) is 17.2 Å². The molecule has 1 aromatic carbocycles. The van der Waals surface area contributed by atoms with E-state index in [0.29, 0.717) is 22.8 Å². The van der Waals surface area contributed by atoms with Crippen molar-refractivity contribution in [1.82, 2.24) is 5.01 Å². The molecule has 4 atom stereocenters. The molecule has 2 bridgehead atoms. The quantitative estimate of drug-likeness (QED) is 0.433. The van der Waals surface area contributed by atoms with Gasteiger partial charge in [0.2, 0.25) is 5.75 Å². The number of ether oxygens (including phenoxy) is 3. The first-order valence-corrected chi connectivity index (χ1v) is 9.78. The Balaban J connectivity index is 1.60. The van der Waals surface area contributed by atoms with Gasteiger partial charge in [-0.05, 0) is 51.2 Å². The highest BCUT2D eigenvalue weighted by Crippen LogP contribution is 2.52. The summed E-state index contributed by atoms with van der Waals surface area (Å²) in [5.41, 5.74) is 0.203. The third kappa shape index (κ3) is 3.28. The van der Waals surface area contributed by atoms with Crippen molar-refractivity contribution in [2.45, 2.75) is 32.8 Å². The Kier molecular flexibility index (Phi) is 4.63. The number of nitrogens with zero attached hydrogens (tertiary/aromatic N) is 2. The van der Waals surface area contributed by atoms with Gasteiger partial charge in [-0.3, -0.25) is 9.59 Å². The van der Waals surface area contributed by atoms with E-state index in [1.165, 1.54) is 6.21 Å². The summed E-state index contributed by atoms with van der Waals surface area (Å²) in [7, 11) is 3.09. The second-order valence-corrected chi connectivity index (χ2v) is 8.70. The smallest absolute Gasteiger partial charge is 0.254 e. The van der Waals surface area contributed by atoms with Crippen LogP contribution < -0.4 is 14.2 Å². The molecule has 7 nitrogen and oxygen atoms in total. The molecule has 2 aliphatic carbocycles. The van der Waals surface area contributed by atoms with Crippen LogP contribution in [0.1, 0.15) is 32.8 Å². The number of fused-ring (bicyclic) bond motifs is 5. The number of hydrogen-bond donors (Lipinski definition) is 0. The van der Waals surface area contributed by atoms with E-state index >= 15 is 0 Å². The van der Waals surface area contributed by atoms with Crippen LogP contribution in [0.3, 0.4) is 0 Å². The molecule has 0 spiro atoms. The van der Waals surface area contributed by atoms with Crippen LogP contribution in [-0.4, -0.2) is 42.9 Å². The summed E-state index contributed by atoms with van der Waals surface area (Å²) in [6.07, 6.45) is 6.51. The molecule has 7 heteroatoms. The number of amides is 2. The third-order valence-corrected chi connectivity index (χ3v) is 5.66. The van der Waals surface area contributed by atoms with Crippen molar-refractivity contribution in [2.24, 2.45) is 28.8 Å². The van der Waals surface area contributed by atoms with E-state index < -0.39 is 5.60 Å². The van der Waals surface area contributed by atoms with Crippen LogP contribution in [-0.2, 0) is 9.59 Å². The zero-order chi connectivity index (χ0) is 20.9. The average Bonchev–Trinajstić information content (AvgIpc) is 3.34. The van der Waals surface area contributed by atoms with Crippen molar-refractivity contribution < 1.29 is 23.8 Å². The third-order valence-electron chi connectivity index (χ3n) is 5.66. The van der Waals surface area contributed by atoms with Gasteiger partial charge in [-0.15, -0.1) is 0 Å². The summed E-state index contributed by atoms with van der Waals surface area (Å²) < 4.78 is 16.9. The van der Waals surface area contributed by atoms with E-state index in [4.69, 9.17) is 14.2 Å². The van der Waals surface area contributed by atoms with Gasteiger partial charge in [-0.25, -0.2) is 0 Å². The fourth-order valence-corrected chi connectivity index (χ4v) is 4.51. The van der Waals surface area contributed by atoms with Crippen LogP contribution in [0, 0.1) is 23.7 Å². The number of methoxy groups -OCH3 is 2. The van der Waals surface area contributed by atoms with E-state index in [-0.39, 0.29) is 35.5 Å². The standard InChI is InChI=1S/C22H26N2O5/c1-22(2,3)29-19-15(27-4)8-12(9-16(19)28-5)11-23-24-20(25)17-13-6-7-14(10-13)18(17)21(24)26/h6-9,11,13-14,17-18H,10H2,1-5H3. The Hall–Kier alpha value is -2.83. The molecule has 3 aliphatic rings. The zero-order valence-electron chi connectivity index (χ0n) is 17.3. The lowest BCUT2D eigenvalue weighted by molar-refractivity contribution is -0.140. The molecule has 2 amide bonds. The normalized spacial score (nSPS) is 27.8. The number of rotatable bonds is 5. The molecular formula is C22H26N2O5. The summed E-state index contributed by atoms with van der Waals surface area (Å²) in [6.45, 7) is 5.81. The van der Waals surface area contributed by atoms with E-state index in [2.05, 4.69) is 17.3 Å².